The van der Waals surface area contributed by atoms with Crippen LogP contribution in [0.4, 0.5) is 5.69 Å². The molecule has 2 aromatic carbocycles. The SMILES string of the molecule is CN(CCNC(=O)CCc1ccccc1Br)c1ccccc1. The molecule has 0 saturated carbocycles. The number of aryl methyl sites for hydroxylation is 1. The molecular formula is C18H21BrN2O. The number of anilines is 1. The first-order valence-corrected chi connectivity index (χ1v) is 8.22. The predicted molar refractivity (Wildman–Crippen MR) is 95.2 cm³/mol. The van der Waals surface area contributed by atoms with E-state index in [9.17, 15) is 4.79 Å². The van der Waals surface area contributed by atoms with Gasteiger partial charge in [-0.25, -0.2) is 0 Å². The molecule has 4 heteroatoms. The number of carbonyl (C=O) groups excluding carboxylic acids is 1. The van der Waals surface area contributed by atoms with Gasteiger partial charge in [-0.15, -0.1) is 0 Å². The highest BCUT2D eigenvalue weighted by Crippen LogP contribution is 2.17. The lowest BCUT2D eigenvalue weighted by Gasteiger charge is -2.19. The molecule has 0 aromatic heterocycles. The Balaban J connectivity index is 1.69. The second kappa shape index (κ2) is 8.59. The van der Waals surface area contributed by atoms with Crippen LogP contribution in [0.2, 0.25) is 0 Å². The smallest absolute Gasteiger partial charge is 0.220 e. The minimum absolute atomic E-state index is 0.0946. The summed E-state index contributed by atoms with van der Waals surface area (Å²) in [5.41, 5.74) is 2.32. The Morgan fingerprint density at radius 3 is 2.50 bits per heavy atom. The summed E-state index contributed by atoms with van der Waals surface area (Å²) in [5, 5.41) is 2.98. The number of para-hydroxylation sites is 1. The summed E-state index contributed by atoms with van der Waals surface area (Å²) in [7, 11) is 2.03. The number of hydrogen-bond acceptors (Lipinski definition) is 2. The van der Waals surface area contributed by atoms with Crippen LogP contribution >= 0.6 is 15.9 Å². The van der Waals surface area contributed by atoms with Crippen LogP contribution in [0, 0.1) is 0 Å². The highest BCUT2D eigenvalue weighted by atomic mass is 79.9. The van der Waals surface area contributed by atoms with Crippen molar-refractivity contribution in [1.29, 1.82) is 0 Å². The maximum absolute atomic E-state index is 11.9. The molecular weight excluding hydrogens is 340 g/mol. The topological polar surface area (TPSA) is 32.3 Å². The summed E-state index contributed by atoms with van der Waals surface area (Å²) in [4.78, 5) is 14.0. The summed E-state index contributed by atoms with van der Waals surface area (Å²) >= 11 is 3.51. The molecule has 0 bridgehead atoms. The van der Waals surface area contributed by atoms with Crippen LogP contribution in [0.15, 0.2) is 59.1 Å². The Labute approximate surface area is 140 Å². The fourth-order valence-corrected chi connectivity index (χ4v) is 2.70. The molecule has 1 amide bonds. The van der Waals surface area contributed by atoms with E-state index in [0.717, 1.165) is 23.1 Å². The second-order valence-corrected chi connectivity index (χ2v) is 6.05. The third-order valence-electron chi connectivity index (χ3n) is 3.55. The van der Waals surface area contributed by atoms with E-state index < -0.39 is 0 Å². The normalized spacial score (nSPS) is 10.3. The van der Waals surface area contributed by atoms with Gasteiger partial charge in [0.1, 0.15) is 0 Å². The summed E-state index contributed by atoms with van der Waals surface area (Å²) in [6.07, 6.45) is 1.26. The number of amides is 1. The predicted octanol–water partition coefficient (Wildman–Crippen LogP) is 3.63. The molecule has 2 aromatic rings. The van der Waals surface area contributed by atoms with E-state index in [-0.39, 0.29) is 5.91 Å². The number of halogens is 1. The molecule has 0 atom stereocenters. The van der Waals surface area contributed by atoms with Gasteiger partial charge < -0.3 is 10.2 Å². The van der Waals surface area contributed by atoms with Crippen LogP contribution in [0.5, 0.6) is 0 Å². The molecule has 2 rings (SSSR count). The lowest BCUT2D eigenvalue weighted by Crippen LogP contribution is -2.33. The largest absolute Gasteiger partial charge is 0.373 e. The van der Waals surface area contributed by atoms with Crippen LogP contribution in [-0.4, -0.2) is 26.0 Å². The van der Waals surface area contributed by atoms with Crippen molar-refractivity contribution in [2.75, 3.05) is 25.0 Å². The number of rotatable bonds is 7. The first-order valence-electron chi connectivity index (χ1n) is 7.43. The van der Waals surface area contributed by atoms with Crippen molar-refractivity contribution in [3.05, 3.63) is 64.6 Å². The van der Waals surface area contributed by atoms with E-state index in [4.69, 9.17) is 0 Å². The van der Waals surface area contributed by atoms with Crippen molar-refractivity contribution < 1.29 is 4.79 Å². The summed E-state index contributed by atoms with van der Waals surface area (Å²) < 4.78 is 1.06. The number of benzene rings is 2. The summed E-state index contributed by atoms with van der Waals surface area (Å²) in [6.45, 7) is 1.45. The number of carbonyl (C=O) groups is 1. The van der Waals surface area contributed by atoms with Gasteiger partial charge in [0.25, 0.3) is 0 Å². The minimum Gasteiger partial charge on any atom is -0.373 e. The molecule has 1 N–H and O–H groups in total. The van der Waals surface area contributed by atoms with Gasteiger partial charge in [-0.1, -0.05) is 52.3 Å². The molecule has 22 heavy (non-hydrogen) atoms. The Morgan fingerprint density at radius 1 is 1.09 bits per heavy atom. The van der Waals surface area contributed by atoms with Crippen molar-refractivity contribution in [2.24, 2.45) is 0 Å². The highest BCUT2D eigenvalue weighted by Gasteiger charge is 2.05. The first-order chi connectivity index (χ1) is 10.7. The van der Waals surface area contributed by atoms with Crippen molar-refractivity contribution in [2.45, 2.75) is 12.8 Å². The molecule has 0 fully saturated rings. The Morgan fingerprint density at radius 2 is 1.77 bits per heavy atom. The molecule has 0 spiro atoms. The van der Waals surface area contributed by atoms with Gasteiger partial charge >= 0.3 is 0 Å². The molecule has 0 radical (unpaired) electrons. The van der Waals surface area contributed by atoms with Crippen LogP contribution < -0.4 is 10.2 Å². The fourth-order valence-electron chi connectivity index (χ4n) is 2.21. The van der Waals surface area contributed by atoms with Crippen molar-refractivity contribution in [3.8, 4) is 0 Å². The number of nitrogens with zero attached hydrogens (tertiary/aromatic N) is 1. The average Bonchev–Trinajstić information content (AvgIpc) is 2.55. The molecule has 0 aliphatic rings. The lowest BCUT2D eigenvalue weighted by molar-refractivity contribution is -0.120. The van der Waals surface area contributed by atoms with Gasteiger partial charge in [0.2, 0.25) is 5.91 Å². The average molecular weight is 361 g/mol. The van der Waals surface area contributed by atoms with Gasteiger partial charge in [0, 0.05) is 36.7 Å². The lowest BCUT2D eigenvalue weighted by atomic mass is 10.1. The zero-order chi connectivity index (χ0) is 15.8. The number of likely N-dealkylation sites (N-methyl/N-ethyl adjacent to an activating group) is 1. The van der Waals surface area contributed by atoms with E-state index in [0.29, 0.717) is 13.0 Å². The summed E-state index contributed by atoms with van der Waals surface area (Å²) in [6, 6.07) is 18.2. The summed E-state index contributed by atoms with van der Waals surface area (Å²) in [5.74, 6) is 0.0946. The van der Waals surface area contributed by atoms with E-state index in [1.165, 1.54) is 5.56 Å². The molecule has 0 aliphatic heterocycles. The van der Waals surface area contributed by atoms with Gasteiger partial charge in [-0.3, -0.25) is 4.79 Å². The number of nitrogens with one attached hydrogen (secondary N) is 1. The van der Waals surface area contributed by atoms with Gasteiger partial charge in [0.15, 0.2) is 0 Å². The molecule has 0 unspecified atom stereocenters. The first kappa shape index (κ1) is 16.6. The maximum Gasteiger partial charge on any atom is 0.220 e. The Hall–Kier alpha value is -1.81. The molecule has 0 aliphatic carbocycles. The Kier molecular flexibility index (Phi) is 6.46. The highest BCUT2D eigenvalue weighted by molar-refractivity contribution is 9.10. The third-order valence-corrected chi connectivity index (χ3v) is 4.32. The van der Waals surface area contributed by atoms with Crippen molar-refractivity contribution in [3.63, 3.8) is 0 Å². The monoisotopic (exact) mass is 360 g/mol. The van der Waals surface area contributed by atoms with Crippen LogP contribution in [0.3, 0.4) is 0 Å². The quantitative estimate of drug-likeness (QED) is 0.817. The van der Waals surface area contributed by atoms with Crippen molar-refractivity contribution in [1.82, 2.24) is 5.32 Å². The molecule has 0 heterocycles. The maximum atomic E-state index is 11.9. The third kappa shape index (κ3) is 5.19. The van der Waals surface area contributed by atoms with Gasteiger partial charge in [0.05, 0.1) is 0 Å². The van der Waals surface area contributed by atoms with E-state index in [1.54, 1.807) is 0 Å². The van der Waals surface area contributed by atoms with Crippen molar-refractivity contribution >= 4 is 27.5 Å². The molecule has 3 nitrogen and oxygen atoms in total. The van der Waals surface area contributed by atoms with Crippen LogP contribution in [0.1, 0.15) is 12.0 Å². The zero-order valence-electron chi connectivity index (χ0n) is 12.8. The van der Waals surface area contributed by atoms with E-state index in [2.05, 4.69) is 38.3 Å². The van der Waals surface area contributed by atoms with E-state index in [1.807, 2.05) is 49.5 Å². The van der Waals surface area contributed by atoms with Gasteiger partial charge in [-0.2, -0.15) is 0 Å². The fraction of sp³-hybridized carbons (Fsp3) is 0.278. The van der Waals surface area contributed by atoms with Crippen LogP contribution in [0.25, 0.3) is 0 Å². The van der Waals surface area contributed by atoms with E-state index >= 15 is 0 Å². The zero-order valence-corrected chi connectivity index (χ0v) is 14.3. The molecule has 0 saturated heterocycles. The minimum atomic E-state index is 0.0946. The standard InChI is InChI=1S/C18H21BrN2O/c1-21(16-8-3-2-4-9-16)14-13-20-18(22)12-11-15-7-5-6-10-17(15)19/h2-10H,11-14H2,1H3,(H,20,22). The second-order valence-electron chi connectivity index (χ2n) is 5.20. The van der Waals surface area contributed by atoms with Gasteiger partial charge in [-0.05, 0) is 30.2 Å². The Bertz CT molecular complexity index is 601. The van der Waals surface area contributed by atoms with Crippen LogP contribution in [-0.2, 0) is 11.2 Å². The number of hydrogen-bond donors (Lipinski definition) is 1. The molecule has 116 valence electrons.